The van der Waals surface area contributed by atoms with Gasteiger partial charge in [-0.3, -0.25) is 4.79 Å². The first kappa shape index (κ1) is 18.2. The van der Waals surface area contributed by atoms with Crippen molar-refractivity contribution in [2.45, 2.75) is 42.7 Å². The van der Waals surface area contributed by atoms with Crippen molar-refractivity contribution in [1.29, 1.82) is 0 Å². The van der Waals surface area contributed by atoms with E-state index >= 15 is 0 Å². The summed E-state index contributed by atoms with van der Waals surface area (Å²) in [5.74, 6) is -0.318. The van der Waals surface area contributed by atoms with Crippen molar-refractivity contribution < 1.29 is 22.7 Å². The molecule has 3 fully saturated rings. The van der Waals surface area contributed by atoms with Crippen LogP contribution >= 0.6 is 0 Å². The van der Waals surface area contributed by atoms with Gasteiger partial charge < -0.3 is 15.0 Å². The van der Waals surface area contributed by atoms with Gasteiger partial charge in [0.15, 0.2) is 0 Å². The molecule has 1 aliphatic carbocycles. The van der Waals surface area contributed by atoms with E-state index in [1.807, 2.05) is 0 Å². The highest BCUT2D eigenvalue weighted by Crippen LogP contribution is 2.30. The molecule has 0 aromatic heterocycles. The highest BCUT2D eigenvalue weighted by Gasteiger charge is 2.40. The number of cyclic esters (lactones) is 1. The van der Waals surface area contributed by atoms with E-state index in [1.54, 1.807) is 4.90 Å². The van der Waals surface area contributed by atoms with Crippen molar-refractivity contribution in [2.75, 3.05) is 26.2 Å². The lowest BCUT2D eigenvalue weighted by molar-refractivity contribution is 0.0914. The van der Waals surface area contributed by atoms with Gasteiger partial charge in [0.05, 0.1) is 18.0 Å². The lowest BCUT2D eigenvalue weighted by atomic mass is 10.2. The van der Waals surface area contributed by atoms with E-state index in [0.29, 0.717) is 31.2 Å². The van der Waals surface area contributed by atoms with Crippen LogP contribution in [0.1, 0.15) is 36.0 Å². The van der Waals surface area contributed by atoms with Crippen LogP contribution in [0.3, 0.4) is 0 Å². The lowest BCUT2D eigenvalue weighted by Crippen LogP contribution is -2.35. The van der Waals surface area contributed by atoms with Crippen LogP contribution in [0.25, 0.3) is 0 Å². The topological polar surface area (TPSA) is 96.0 Å². The minimum absolute atomic E-state index is 0.200. The predicted molar refractivity (Wildman–Crippen MR) is 96.8 cm³/mol. The molecule has 9 heteroatoms. The molecule has 0 radical (unpaired) electrons. The second-order valence-corrected chi connectivity index (χ2v) is 9.17. The Bertz CT molecular complexity index is 829. The van der Waals surface area contributed by atoms with Crippen LogP contribution in [0, 0.1) is 0 Å². The van der Waals surface area contributed by atoms with Gasteiger partial charge >= 0.3 is 6.09 Å². The minimum atomic E-state index is -3.48. The number of carbonyl (C=O) groups excluding carboxylic acids is 2. The monoisotopic (exact) mass is 393 g/mol. The van der Waals surface area contributed by atoms with Gasteiger partial charge in [0.1, 0.15) is 6.10 Å². The molecule has 1 aromatic carbocycles. The first-order chi connectivity index (χ1) is 12.9. The second kappa shape index (κ2) is 7.12. The summed E-state index contributed by atoms with van der Waals surface area (Å²) >= 11 is 0. The fourth-order valence-electron chi connectivity index (χ4n) is 3.50. The van der Waals surface area contributed by atoms with Gasteiger partial charge in [0.2, 0.25) is 10.0 Å². The van der Waals surface area contributed by atoms with Gasteiger partial charge in [-0.2, -0.15) is 4.31 Å². The average Bonchev–Trinajstić information content (AvgIpc) is 3.20. The Morgan fingerprint density at radius 3 is 2.44 bits per heavy atom. The molecule has 1 atom stereocenters. The van der Waals surface area contributed by atoms with Gasteiger partial charge in [-0.15, -0.1) is 0 Å². The Kier molecular flexibility index (Phi) is 4.81. The normalized spacial score (nSPS) is 23.5. The van der Waals surface area contributed by atoms with Gasteiger partial charge in [-0.25, -0.2) is 13.2 Å². The fourth-order valence-corrected chi connectivity index (χ4v) is 5.01. The molecule has 1 unspecified atom stereocenters. The summed E-state index contributed by atoms with van der Waals surface area (Å²) in [6, 6.07) is 6.24. The zero-order valence-corrected chi connectivity index (χ0v) is 15.8. The highest BCUT2D eigenvalue weighted by atomic mass is 32.2. The molecule has 27 heavy (non-hydrogen) atoms. The summed E-state index contributed by atoms with van der Waals surface area (Å²) in [6.07, 6.45) is 3.12. The van der Waals surface area contributed by atoms with Crippen LogP contribution in [0.2, 0.25) is 0 Å². The maximum absolute atomic E-state index is 12.5. The molecule has 4 rings (SSSR count). The second-order valence-electron chi connectivity index (χ2n) is 7.23. The third-order valence-corrected chi connectivity index (χ3v) is 7.11. The van der Waals surface area contributed by atoms with E-state index in [2.05, 4.69) is 5.32 Å². The van der Waals surface area contributed by atoms with E-state index in [-0.39, 0.29) is 29.5 Å². The van der Waals surface area contributed by atoms with Crippen LogP contribution in [-0.4, -0.2) is 67.9 Å². The Morgan fingerprint density at radius 2 is 1.81 bits per heavy atom. The number of nitrogens with zero attached hydrogens (tertiary/aromatic N) is 2. The Morgan fingerprint density at radius 1 is 1.15 bits per heavy atom. The largest absolute Gasteiger partial charge is 0.442 e. The number of nitrogens with one attached hydrogen (secondary N) is 1. The van der Waals surface area contributed by atoms with E-state index in [9.17, 15) is 18.0 Å². The SMILES string of the molecule is O=C(NCC1CN(C2CC2)C(=O)O1)c1ccc(S(=O)(=O)N2CCCC2)cc1. The van der Waals surface area contributed by atoms with Gasteiger partial charge in [-0.05, 0) is 49.9 Å². The summed E-state index contributed by atoms with van der Waals surface area (Å²) in [5, 5.41) is 2.75. The maximum Gasteiger partial charge on any atom is 0.410 e. The standard InChI is InChI=1S/C18H23N3O5S/c22-17(19-11-15-12-21(14-5-6-14)18(23)26-15)13-3-7-16(8-4-13)27(24,25)20-9-1-2-10-20/h3-4,7-8,14-15H,1-2,5-6,9-12H2,(H,19,22). The predicted octanol–water partition coefficient (Wildman–Crippen LogP) is 1.18. The summed E-state index contributed by atoms with van der Waals surface area (Å²) in [6.45, 7) is 1.82. The third kappa shape index (κ3) is 3.79. The molecule has 2 aliphatic heterocycles. The number of hydrogen-bond acceptors (Lipinski definition) is 5. The Balaban J connectivity index is 1.33. The molecule has 146 valence electrons. The molecule has 0 spiro atoms. The van der Waals surface area contributed by atoms with Crippen molar-refractivity contribution in [1.82, 2.24) is 14.5 Å². The Labute approximate surface area is 158 Å². The van der Waals surface area contributed by atoms with E-state index in [0.717, 1.165) is 25.7 Å². The number of hydrogen-bond donors (Lipinski definition) is 1. The summed E-state index contributed by atoms with van der Waals surface area (Å²) in [4.78, 5) is 26.0. The third-order valence-electron chi connectivity index (χ3n) is 5.20. The van der Waals surface area contributed by atoms with E-state index in [1.165, 1.54) is 28.6 Å². The molecular weight excluding hydrogens is 370 g/mol. The lowest BCUT2D eigenvalue weighted by Gasteiger charge is -2.15. The molecule has 1 aromatic rings. The fraction of sp³-hybridized carbons (Fsp3) is 0.556. The molecule has 8 nitrogen and oxygen atoms in total. The van der Waals surface area contributed by atoms with Gasteiger partial charge in [0.25, 0.3) is 5.91 Å². The zero-order valence-electron chi connectivity index (χ0n) is 15.0. The zero-order chi connectivity index (χ0) is 19.0. The smallest absolute Gasteiger partial charge is 0.410 e. The summed E-state index contributed by atoms with van der Waals surface area (Å²) in [7, 11) is -3.48. The van der Waals surface area contributed by atoms with Crippen LogP contribution in [0.4, 0.5) is 4.79 Å². The van der Waals surface area contributed by atoms with Crippen LogP contribution in [0.5, 0.6) is 0 Å². The minimum Gasteiger partial charge on any atom is -0.442 e. The number of benzene rings is 1. The quantitative estimate of drug-likeness (QED) is 0.783. The van der Waals surface area contributed by atoms with E-state index < -0.39 is 10.0 Å². The number of amides is 2. The van der Waals surface area contributed by atoms with Crippen LogP contribution < -0.4 is 5.32 Å². The Hall–Kier alpha value is -2.13. The maximum atomic E-state index is 12.5. The summed E-state index contributed by atoms with van der Waals surface area (Å²) < 4.78 is 31.8. The molecule has 1 N–H and O–H groups in total. The average molecular weight is 393 g/mol. The number of rotatable bonds is 6. The highest BCUT2D eigenvalue weighted by molar-refractivity contribution is 7.89. The first-order valence-electron chi connectivity index (χ1n) is 9.31. The molecule has 2 saturated heterocycles. The van der Waals surface area contributed by atoms with Gasteiger partial charge in [0, 0.05) is 24.7 Å². The van der Waals surface area contributed by atoms with Crippen molar-refractivity contribution in [3.05, 3.63) is 29.8 Å². The van der Waals surface area contributed by atoms with Gasteiger partial charge in [-0.1, -0.05) is 0 Å². The van der Waals surface area contributed by atoms with Crippen LogP contribution in [-0.2, 0) is 14.8 Å². The molecular formula is C18H23N3O5S. The van der Waals surface area contributed by atoms with Crippen molar-refractivity contribution in [2.24, 2.45) is 0 Å². The molecule has 1 saturated carbocycles. The number of carbonyl (C=O) groups is 2. The van der Waals surface area contributed by atoms with Crippen molar-refractivity contribution in [3.63, 3.8) is 0 Å². The molecule has 0 bridgehead atoms. The van der Waals surface area contributed by atoms with E-state index in [4.69, 9.17) is 4.74 Å². The number of sulfonamides is 1. The molecule has 2 amide bonds. The first-order valence-corrected chi connectivity index (χ1v) is 10.7. The van der Waals surface area contributed by atoms with Crippen molar-refractivity contribution >= 4 is 22.0 Å². The van der Waals surface area contributed by atoms with Crippen molar-refractivity contribution in [3.8, 4) is 0 Å². The number of ether oxygens (including phenoxy) is 1. The molecule has 3 aliphatic rings. The summed E-state index contributed by atoms with van der Waals surface area (Å²) in [5.41, 5.74) is 0.374. The molecule has 2 heterocycles. The van der Waals surface area contributed by atoms with Crippen LogP contribution in [0.15, 0.2) is 29.2 Å².